The summed E-state index contributed by atoms with van der Waals surface area (Å²) in [4.78, 5) is 0. The lowest BCUT2D eigenvalue weighted by Gasteiger charge is -2.07. The smallest absolute Gasteiger partial charge is 0.416 e. The molecule has 0 aliphatic rings. The molecule has 1 aromatic heterocycles. The van der Waals surface area contributed by atoms with Crippen molar-refractivity contribution in [3.63, 3.8) is 0 Å². The molecule has 0 saturated heterocycles. The van der Waals surface area contributed by atoms with Crippen LogP contribution in [0.5, 0.6) is 5.75 Å². The molecule has 0 fully saturated rings. The van der Waals surface area contributed by atoms with Gasteiger partial charge in [-0.2, -0.15) is 13.2 Å². The topological polar surface area (TPSA) is 48.2 Å². The summed E-state index contributed by atoms with van der Waals surface area (Å²) >= 11 is 3.37. The zero-order valence-electron chi connectivity index (χ0n) is 15.4. The Morgan fingerprint density at radius 2 is 1.47 bits per heavy atom. The molecule has 1 heterocycles. The van der Waals surface area contributed by atoms with Crippen LogP contribution in [-0.4, -0.2) is 10.2 Å². The lowest BCUT2D eigenvalue weighted by atomic mass is 10.1. The summed E-state index contributed by atoms with van der Waals surface area (Å²) in [6.45, 7) is 0.337. The second kappa shape index (κ2) is 8.31. The van der Waals surface area contributed by atoms with E-state index in [1.54, 1.807) is 6.07 Å². The van der Waals surface area contributed by atoms with Crippen LogP contribution in [0.4, 0.5) is 13.2 Å². The van der Waals surface area contributed by atoms with E-state index < -0.39 is 11.7 Å². The van der Waals surface area contributed by atoms with Gasteiger partial charge in [-0.05, 0) is 60.2 Å². The van der Waals surface area contributed by atoms with Crippen molar-refractivity contribution in [2.75, 3.05) is 0 Å². The van der Waals surface area contributed by atoms with Gasteiger partial charge >= 0.3 is 6.18 Å². The van der Waals surface area contributed by atoms with E-state index in [2.05, 4.69) is 26.1 Å². The van der Waals surface area contributed by atoms with Crippen molar-refractivity contribution in [2.45, 2.75) is 12.8 Å². The van der Waals surface area contributed by atoms with Crippen molar-refractivity contribution in [3.8, 4) is 28.7 Å². The van der Waals surface area contributed by atoms with Crippen molar-refractivity contribution >= 4 is 15.9 Å². The second-order valence-corrected chi connectivity index (χ2v) is 7.35. The zero-order valence-corrected chi connectivity index (χ0v) is 16.9. The average molecular weight is 475 g/mol. The quantitative estimate of drug-likeness (QED) is 0.320. The third-order valence-electron chi connectivity index (χ3n) is 4.25. The van der Waals surface area contributed by atoms with E-state index >= 15 is 0 Å². The van der Waals surface area contributed by atoms with Crippen LogP contribution in [0.25, 0.3) is 22.9 Å². The maximum absolute atomic E-state index is 12.9. The number of alkyl halides is 3. The van der Waals surface area contributed by atoms with Gasteiger partial charge in [0.2, 0.25) is 11.8 Å². The fraction of sp³-hybridized carbons (Fsp3) is 0.0909. The summed E-state index contributed by atoms with van der Waals surface area (Å²) in [6, 6.07) is 19.6. The highest BCUT2D eigenvalue weighted by Gasteiger charge is 2.30. The van der Waals surface area contributed by atoms with E-state index in [0.29, 0.717) is 12.2 Å². The van der Waals surface area contributed by atoms with Gasteiger partial charge in [0.1, 0.15) is 12.4 Å². The Hall–Kier alpha value is -3.13. The van der Waals surface area contributed by atoms with Crippen molar-refractivity contribution in [3.05, 3.63) is 88.4 Å². The Morgan fingerprint density at radius 1 is 0.833 bits per heavy atom. The molecule has 0 saturated carbocycles. The molecule has 0 aliphatic heterocycles. The highest BCUT2D eigenvalue weighted by molar-refractivity contribution is 9.10. The molecule has 4 nitrogen and oxygen atoms in total. The Morgan fingerprint density at radius 3 is 2.13 bits per heavy atom. The minimum atomic E-state index is -4.44. The summed E-state index contributed by atoms with van der Waals surface area (Å²) < 4.78 is 51.1. The van der Waals surface area contributed by atoms with E-state index in [1.807, 2.05) is 42.5 Å². The van der Waals surface area contributed by atoms with Gasteiger partial charge in [0.05, 0.1) is 5.56 Å². The van der Waals surface area contributed by atoms with Crippen LogP contribution in [0.1, 0.15) is 11.1 Å². The first-order valence-corrected chi connectivity index (χ1v) is 9.66. The molecule has 8 heteroatoms. The third kappa shape index (κ3) is 4.71. The van der Waals surface area contributed by atoms with Gasteiger partial charge in [-0.3, -0.25) is 0 Å². The Bertz CT molecular complexity index is 1160. The van der Waals surface area contributed by atoms with Crippen LogP contribution in [0, 0.1) is 0 Å². The molecule has 152 valence electrons. The van der Waals surface area contributed by atoms with E-state index in [9.17, 15) is 13.2 Å². The number of halogens is 4. The lowest BCUT2D eigenvalue weighted by molar-refractivity contribution is -0.137. The van der Waals surface area contributed by atoms with Gasteiger partial charge in [0, 0.05) is 15.6 Å². The maximum atomic E-state index is 12.9. The molecule has 4 aromatic rings. The van der Waals surface area contributed by atoms with Gasteiger partial charge in [-0.25, -0.2) is 0 Å². The van der Waals surface area contributed by atoms with Crippen LogP contribution in [0.2, 0.25) is 0 Å². The molecule has 4 rings (SSSR count). The van der Waals surface area contributed by atoms with E-state index in [4.69, 9.17) is 9.15 Å². The molecular weight excluding hydrogens is 461 g/mol. The fourth-order valence-electron chi connectivity index (χ4n) is 2.78. The minimum absolute atomic E-state index is 0.0209. The molecule has 30 heavy (non-hydrogen) atoms. The van der Waals surface area contributed by atoms with Crippen molar-refractivity contribution in [2.24, 2.45) is 0 Å². The standard InChI is InChI=1S/C22H14BrF3N2O2/c23-18-7-9-19(10-8-18)29-13-14-3-1-4-15(11-14)20-27-28-21(30-20)16-5-2-6-17(12-16)22(24,25)26/h1-12H,13H2. The van der Waals surface area contributed by atoms with Crippen molar-refractivity contribution in [1.29, 1.82) is 0 Å². The number of aromatic nitrogens is 2. The Balaban J connectivity index is 1.52. The number of hydrogen-bond donors (Lipinski definition) is 0. The summed E-state index contributed by atoms with van der Waals surface area (Å²) in [5, 5.41) is 7.88. The van der Waals surface area contributed by atoms with Crippen LogP contribution >= 0.6 is 15.9 Å². The molecule has 0 atom stereocenters. The van der Waals surface area contributed by atoms with E-state index in [-0.39, 0.29) is 17.3 Å². The number of nitrogens with zero attached hydrogens (tertiary/aromatic N) is 2. The SMILES string of the molecule is FC(F)(F)c1cccc(-c2nnc(-c3cccc(COc4ccc(Br)cc4)c3)o2)c1. The maximum Gasteiger partial charge on any atom is 0.416 e. The van der Waals surface area contributed by atoms with Gasteiger partial charge in [0.15, 0.2) is 0 Å². The predicted molar refractivity (Wildman–Crippen MR) is 109 cm³/mol. The summed E-state index contributed by atoms with van der Waals surface area (Å²) in [7, 11) is 0. The largest absolute Gasteiger partial charge is 0.489 e. The van der Waals surface area contributed by atoms with Crippen molar-refractivity contribution in [1.82, 2.24) is 10.2 Å². The number of rotatable bonds is 5. The first-order chi connectivity index (χ1) is 14.4. The first kappa shape index (κ1) is 20.2. The van der Waals surface area contributed by atoms with Crippen LogP contribution in [0.3, 0.4) is 0 Å². The fourth-order valence-corrected chi connectivity index (χ4v) is 3.04. The lowest BCUT2D eigenvalue weighted by Crippen LogP contribution is -2.04. The summed E-state index contributed by atoms with van der Waals surface area (Å²) in [6.07, 6.45) is -4.44. The monoisotopic (exact) mass is 474 g/mol. The first-order valence-electron chi connectivity index (χ1n) is 8.87. The number of ether oxygens (including phenoxy) is 1. The van der Waals surface area contributed by atoms with Crippen LogP contribution < -0.4 is 4.74 Å². The zero-order chi connectivity index (χ0) is 21.1. The third-order valence-corrected chi connectivity index (χ3v) is 4.78. The van der Waals surface area contributed by atoms with Gasteiger partial charge in [0.25, 0.3) is 0 Å². The molecule has 0 bridgehead atoms. The second-order valence-electron chi connectivity index (χ2n) is 6.43. The summed E-state index contributed by atoms with van der Waals surface area (Å²) in [5.41, 5.74) is 0.969. The van der Waals surface area contributed by atoms with Gasteiger partial charge < -0.3 is 9.15 Å². The molecule has 3 aromatic carbocycles. The number of hydrogen-bond acceptors (Lipinski definition) is 4. The highest BCUT2D eigenvalue weighted by atomic mass is 79.9. The van der Waals surface area contributed by atoms with Crippen molar-refractivity contribution < 1.29 is 22.3 Å². The van der Waals surface area contributed by atoms with E-state index in [1.165, 1.54) is 12.1 Å². The predicted octanol–water partition coefficient (Wildman–Crippen LogP) is 6.76. The highest BCUT2D eigenvalue weighted by Crippen LogP contribution is 2.32. The van der Waals surface area contributed by atoms with Crippen LogP contribution in [0.15, 0.2) is 81.7 Å². The molecule has 0 aliphatic carbocycles. The molecule has 0 amide bonds. The van der Waals surface area contributed by atoms with Gasteiger partial charge in [-0.15, -0.1) is 10.2 Å². The molecule has 0 unspecified atom stereocenters. The van der Waals surface area contributed by atoms with E-state index in [0.717, 1.165) is 27.9 Å². The molecule has 0 N–H and O–H groups in total. The normalized spacial score (nSPS) is 11.5. The van der Waals surface area contributed by atoms with Crippen LogP contribution in [-0.2, 0) is 12.8 Å². The van der Waals surface area contributed by atoms with Gasteiger partial charge in [-0.1, -0.05) is 34.1 Å². The molecule has 0 spiro atoms. The molecule has 0 radical (unpaired) electrons. The minimum Gasteiger partial charge on any atom is -0.489 e. The Kier molecular flexibility index (Phi) is 5.59. The Labute approximate surface area is 178 Å². The number of benzene rings is 3. The molecular formula is C22H14BrF3N2O2. The average Bonchev–Trinajstić information content (AvgIpc) is 3.24. The summed E-state index contributed by atoms with van der Waals surface area (Å²) in [5.74, 6) is 0.966.